The van der Waals surface area contributed by atoms with Gasteiger partial charge in [0.25, 0.3) is 0 Å². The molecule has 1 aromatic heterocycles. The van der Waals surface area contributed by atoms with Gasteiger partial charge in [0.1, 0.15) is 0 Å². The molecule has 0 saturated heterocycles. The predicted molar refractivity (Wildman–Crippen MR) is 85.3 cm³/mol. The predicted octanol–water partition coefficient (Wildman–Crippen LogP) is 3.29. The molecule has 1 unspecified atom stereocenters. The van der Waals surface area contributed by atoms with Crippen molar-refractivity contribution in [2.45, 2.75) is 37.1 Å². The summed E-state index contributed by atoms with van der Waals surface area (Å²) >= 11 is 1.78. The van der Waals surface area contributed by atoms with Crippen molar-refractivity contribution < 1.29 is 4.52 Å². The van der Waals surface area contributed by atoms with Gasteiger partial charge in [-0.15, -0.1) is 0 Å². The summed E-state index contributed by atoms with van der Waals surface area (Å²) in [4.78, 5) is 4.62. The molecule has 1 saturated carbocycles. The molecule has 2 N–H and O–H groups in total. The van der Waals surface area contributed by atoms with Gasteiger partial charge in [0.05, 0.1) is 11.5 Å². The van der Waals surface area contributed by atoms with Crippen LogP contribution in [0.5, 0.6) is 0 Å². The van der Waals surface area contributed by atoms with E-state index in [0.717, 1.165) is 30.8 Å². The molecule has 4 nitrogen and oxygen atoms in total. The van der Waals surface area contributed by atoms with E-state index in [0.29, 0.717) is 5.89 Å². The van der Waals surface area contributed by atoms with Gasteiger partial charge in [-0.25, -0.2) is 0 Å². The number of nitrogens with zero attached hydrogens (tertiary/aromatic N) is 2. The molecular weight excluding hydrogens is 282 g/mol. The monoisotopic (exact) mass is 303 g/mol. The minimum atomic E-state index is -0.161. The minimum absolute atomic E-state index is 0.0672. The number of thioether (sulfide) groups is 1. The van der Waals surface area contributed by atoms with E-state index in [2.05, 4.69) is 40.7 Å². The van der Waals surface area contributed by atoms with Gasteiger partial charge in [0, 0.05) is 0 Å². The lowest BCUT2D eigenvalue weighted by atomic mass is 9.64. The lowest BCUT2D eigenvalue weighted by Crippen LogP contribution is -2.36. The highest BCUT2D eigenvalue weighted by Gasteiger charge is 2.44. The van der Waals surface area contributed by atoms with Crippen molar-refractivity contribution in [2.24, 2.45) is 5.73 Å². The largest absolute Gasteiger partial charge is 0.338 e. The highest BCUT2D eigenvalue weighted by Crippen LogP contribution is 2.47. The summed E-state index contributed by atoms with van der Waals surface area (Å²) in [5.41, 5.74) is 7.34. The fraction of sp³-hybridized carbons (Fsp3) is 0.500. The molecule has 112 valence electrons. The van der Waals surface area contributed by atoms with Gasteiger partial charge in [-0.1, -0.05) is 41.9 Å². The minimum Gasteiger partial charge on any atom is -0.338 e. The Morgan fingerprint density at radius 3 is 2.71 bits per heavy atom. The van der Waals surface area contributed by atoms with E-state index in [4.69, 9.17) is 10.3 Å². The Balaban J connectivity index is 1.84. The first-order valence-corrected chi connectivity index (χ1v) is 8.80. The van der Waals surface area contributed by atoms with Crippen LogP contribution >= 0.6 is 11.8 Å². The van der Waals surface area contributed by atoms with Gasteiger partial charge in [0.2, 0.25) is 5.89 Å². The Hall–Kier alpha value is -1.33. The first kappa shape index (κ1) is 14.6. The smallest absolute Gasteiger partial charge is 0.243 e. The van der Waals surface area contributed by atoms with E-state index in [9.17, 15) is 0 Å². The van der Waals surface area contributed by atoms with Crippen LogP contribution in [-0.4, -0.2) is 22.1 Å². The number of rotatable bonds is 6. The highest BCUT2D eigenvalue weighted by atomic mass is 32.2. The fourth-order valence-corrected chi connectivity index (χ4v) is 3.37. The van der Waals surface area contributed by atoms with Crippen LogP contribution in [0.25, 0.3) is 0 Å². The van der Waals surface area contributed by atoms with Crippen LogP contribution in [0.3, 0.4) is 0 Å². The number of benzene rings is 1. The molecule has 5 heteroatoms. The summed E-state index contributed by atoms with van der Waals surface area (Å²) in [7, 11) is 0. The Bertz CT molecular complexity index is 580. The second kappa shape index (κ2) is 6.20. The molecule has 0 radical (unpaired) electrons. The van der Waals surface area contributed by atoms with Crippen molar-refractivity contribution in [2.75, 3.05) is 12.0 Å². The average molecular weight is 303 g/mol. The summed E-state index contributed by atoms with van der Waals surface area (Å²) in [6.45, 7) is 0. The molecule has 2 aromatic rings. The van der Waals surface area contributed by atoms with E-state index < -0.39 is 0 Å². The standard InChI is InChI=1S/C16H21N3OS/c1-21-11-8-13(17)14-18-15(19-20-14)16(9-5-10-16)12-6-3-2-4-7-12/h2-4,6-7,13H,5,8-11,17H2,1H3. The Labute approximate surface area is 129 Å². The van der Waals surface area contributed by atoms with E-state index in [1.807, 2.05) is 6.07 Å². The van der Waals surface area contributed by atoms with Gasteiger partial charge >= 0.3 is 0 Å². The molecule has 0 bridgehead atoms. The third-order valence-electron chi connectivity index (χ3n) is 4.35. The number of hydrogen-bond donors (Lipinski definition) is 1. The molecule has 1 aliphatic rings. The maximum atomic E-state index is 6.13. The van der Waals surface area contributed by atoms with Crippen molar-refractivity contribution in [1.29, 1.82) is 0 Å². The quantitative estimate of drug-likeness (QED) is 0.887. The third-order valence-corrected chi connectivity index (χ3v) is 5.00. The maximum Gasteiger partial charge on any atom is 0.243 e. The lowest BCUT2D eigenvalue weighted by molar-refractivity contribution is 0.269. The van der Waals surface area contributed by atoms with E-state index >= 15 is 0 Å². The van der Waals surface area contributed by atoms with Crippen LogP contribution in [-0.2, 0) is 5.41 Å². The van der Waals surface area contributed by atoms with Crippen LogP contribution in [0.15, 0.2) is 34.9 Å². The van der Waals surface area contributed by atoms with Crippen molar-refractivity contribution in [3.05, 3.63) is 47.6 Å². The van der Waals surface area contributed by atoms with E-state index in [1.54, 1.807) is 11.8 Å². The summed E-state index contributed by atoms with van der Waals surface area (Å²) in [6.07, 6.45) is 6.30. The zero-order valence-corrected chi connectivity index (χ0v) is 13.1. The SMILES string of the molecule is CSCCC(N)c1nc(C2(c3ccccc3)CCC2)no1. The second-order valence-electron chi connectivity index (χ2n) is 5.65. The van der Waals surface area contributed by atoms with E-state index in [1.165, 1.54) is 12.0 Å². The fourth-order valence-electron chi connectivity index (χ4n) is 2.88. The van der Waals surface area contributed by atoms with Gasteiger partial charge in [-0.2, -0.15) is 16.7 Å². The number of aromatic nitrogens is 2. The van der Waals surface area contributed by atoms with Crippen LogP contribution in [0.2, 0.25) is 0 Å². The number of nitrogens with two attached hydrogens (primary N) is 1. The Kier molecular flexibility index (Phi) is 4.31. The molecule has 1 fully saturated rings. The second-order valence-corrected chi connectivity index (χ2v) is 6.63. The van der Waals surface area contributed by atoms with Gasteiger partial charge in [-0.3, -0.25) is 0 Å². The van der Waals surface area contributed by atoms with Crippen molar-refractivity contribution in [1.82, 2.24) is 10.1 Å². The van der Waals surface area contributed by atoms with Gasteiger partial charge in [0.15, 0.2) is 5.82 Å². The molecule has 0 amide bonds. The summed E-state index contributed by atoms with van der Waals surface area (Å²) in [5, 5.41) is 4.24. The van der Waals surface area contributed by atoms with Crippen LogP contribution < -0.4 is 5.73 Å². The van der Waals surface area contributed by atoms with Crippen molar-refractivity contribution in [3.8, 4) is 0 Å². The molecule has 0 spiro atoms. The molecule has 21 heavy (non-hydrogen) atoms. The first-order chi connectivity index (χ1) is 10.3. The van der Waals surface area contributed by atoms with Crippen LogP contribution in [0, 0.1) is 0 Å². The Morgan fingerprint density at radius 1 is 1.33 bits per heavy atom. The topological polar surface area (TPSA) is 64.9 Å². The molecule has 1 heterocycles. The summed E-state index contributed by atoms with van der Waals surface area (Å²) in [6, 6.07) is 10.3. The van der Waals surface area contributed by atoms with Gasteiger partial charge < -0.3 is 10.3 Å². The lowest BCUT2D eigenvalue weighted by Gasteiger charge is -2.39. The maximum absolute atomic E-state index is 6.13. The molecule has 1 aromatic carbocycles. The van der Waals surface area contributed by atoms with E-state index in [-0.39, 0.29) is 11.5 Å². The zero-order valence-electron chi connectivity index (χ0n) is 12.3. The molecule has 1 atom stereocenters. The van der Waals surface area contributed by atoms with Crippen molar-refractivity contribution >= 4 is 11.8 Å². The summed E-state index contributed by atoms with van der Waals surface area (Å²) in [5.74, 6) is 2.37. The van der Waals surface area contributed by atoms with Gasteiger partial charge in [-0.05, 0) is 36.8 Å². The van der Waals surface area contributed by atoms with Crippen molar-refractivity contribution in [3.63, 3.8) is 0 Å². The molecule has 3 rings (SSSR count). The van der Waals surface area contributed by atoms with Crippen LogP contribution in [0.1, 0.15) is 49.0 Å². The Morgan fingerprint density at radius 2 is 2.10 bits per heavy atom. The average Bonchev–Trinajstić information content (AvgIpc) is 2.95. The number of hydrogen-bond acceptors (Lipinski definition) is 5. The zero-order chi connectivity index (χ0) is 14.7. The molecular formula is C16H21N3OS. The molecule has 1 aliphatic carbocycles. The molecule has 0 aliphatic heterocycles. The summed E-state index contributed by atoms with van der Waals surface area (Å²) < 4.78 is 5.43. The highest BCUT2D eigenvalue weighted by molar-refractivity contribution is 7.98. The third kappa shape index (κ3) is 2.72. The van der Waals surface area contributed by atoms with Crippen LogP contribution in [0.4, 0.5) is 0 Å². The normalized spacial score (nSPS) is 18.2. The first-order valence-electron chi connectivity index (χ1n) is 7.40.